The molecule has 7 heteroatoms. The number of para-hydroxylation sites is 1. The smallest absolute Gasteiger partial charge is 0.210 e. The van der Waals surface area contributed by atoms with Gasteiger partial charge in [-0.1, -0.05) is 36.4 Å². The minimum Gasteiger partial charge on any atom is -0.495 e. The summed E-state index contributed by atoms with van der Waals surface area (Å²) in [7, 11) is 1.67. The Bertz CT molecular complexity index is 1540. The molecule has 1 aliphatic heterocycles. The summed E-state index contributed by atoms with van der Waals surface area (Å²) in [5, 5.41) is 20.8. The number of hydrogen-bond acceptors (Lipinski definition) is 6. The monoisotopic (exact) mass is 520 g/mol. The lowest BCUT2D eigenvalue weighted by Gasteiger charge is -2.49. The predicted molar refractivity (Wildman–Crippen MR) is 154 cm³/mol. The molecule has 2 heterocycles. The number of aliphatic hydroxyl groups is 1. The minimum atomic E-state index is -1.02. The van der Waals surface area contributed by atoms with Crippen LogP contribution in [0.1, 0.15) is 26.3 Å². The highest BCUT2D eigenvalue weighted by molar-refractivity contribution is 6.00. The zero-order chi connectivity index (χ0) is 27.7. The Morgan fingerprint density at radius 3 is 2.31 bits per heavy atom. The number of nitrogens with zero attached hydrogens (tertiary/aromatic N) is 4. The Kier molecular flexibility index (Phi) is 6.98. The van der Waals surface area contributed by atoms with Crippen LogP contribution in [0.5, 0.6) is 5.75 Å². The fourth-order valence-corrected chi connectivity index (χ4v) is 5.51. The summed E-state index contributed by atoms with van der Waals surface area (Å²) in [5.41, 5.74) is 5.29. The second kappa shape index (κ2) is 10.4. The number of piperazine rings is 1. The van der Waals surface area contributed by atoms with Crippen LogP contribution in [-0.4, -0.2) is 59.3 Å². The van der Waals surface area contributed by atoms with Gasteiger partial charge in [-0.25, -0.2) is 0 Å². The van der Waals surface area contributed by atoms with E-state index in [-0.39, 0.29) is 12.1 Å². The van der Waals surface area contributed by atoms with Crippen molar-refractivity contribution in [2.24, 2.45) is 0 Å². The molecule has 0 aliphatic carbocycles. The first-order valence-electron chi connectivity index (χ1n) is 13.0. The van der Waals surface area contributed by atoms with E-state index in [1.165, 1.54) is 0 Å². The Morgan fingerprint density at radius 2 is 1.69 bits per heavy atom. The van der Waals surface area contributed by atoms with E-state index < -0.39 is 5.60 Å². The highest BCUT2D eigenvalue weighted by Crippen LogP contribution is 2.39. The molecule has 0 saturated carbocycles. The summed E-state index contributed by atoms with van der Waals surface area (Å²) in [4.78, 5) is 20.5. The number of amides is 1. The summed E-state index contributed by atoms with van der Waals surface area (Å²) < 4.78 is 5.92. The molecule has 1 N–H and O–H groups in total. The molecule has 3 aromatic carbocycles. The second-order valence-electron chi connectivity index (χ2n) is 10.6. The van der Waals surface area contributed by atoms with Gasteiger partial charge in [0.15, 0.2) is 0 Å². The molecule has 5 rings (SSSR count). The summed E-state index contributed by atoms with van der Waals surface area (Å²) in [6.45, 7) is 6.73. The summed E-state index contributed by atoms with van der Waals surface area (Å²) in [6.07, 6.45) is 2.69. The highest BCUT2D eigenvalue weighted by Gasteiger charge is 2.39. The number of carbonyl (C=O) groups is 1. The van der Waals surface area contributed by atoms with Crippen molar-refractivity contribution >= 4 is 23.0 Å². The molecule has 1 aromatic heterocycles. The number of ether oxygens (including phenoxy) is 1. The van der Waals surface area contributed by atoms with Crippen molar-refractivity contribution in [3.8, 4) is 34.1 Å². The number of fused-ring (bicyclic) bond motifs is 1. The van der Waals surface area contributed by atoms with Crippen molar-refractivity contribution in [1.82, 2.24) is 9.88 Å². The maximum Gasteiger partial charge on any atom is 0.210 e. The van der Waals surface area contributed by atoms with E-state index in [4.69, 9.17) is 15.0 Å². The Hall–Kier alpha value is -4.41. The number of rotatable bonds is 6. The molecular formula is C32H32N4O3. The second-order valence-corrected chi connectivity index (χ2v) is 10.6. The van der Waals surface area contributed by atoms with Crippen LogP contribution in [0, 0.1) is 11.3 Å². The lowest BCUT2D eigenvalue weighted by atomic mass is 9.92. The maximum absolute atomic E-state index is 11.7. The SMILES string of the molecule is COc1c(-c2ccc(N3CC(C)N(C=O)C(C(C)(C)O)C3)cc2)cnc2c(-c3ccc(C#N)cc3)cccc12. The maximum atomic E-state index is 11.7. The van der Waals surface area contributed by atoms with Gasteiger partial charge in [0.25, 0.3) is 0 Å². The number of methoxy groups -OCH3 is 1. The average Bonchev–Trinajstić information content (AvgIpc) is 2.95. The lowest BCUT2D eigenvalue weighted by Crippen LogP contribution is -2.64. The van der Waals surface area contributed by atoms with Gasteiger partial charge >= 0.3 is 0 Å². The largest absolute Gasteiger partial charge is 0.495 e. The van der Waals surface area contributed by atoms with Crippen LogP contribution >= 0.6 is 0 Å². The number of nitriles is 1. The molecule has 1 fully saturated rings. The van der Waals surface area contributed by atoms with Crippen LogP contribution in [0.2, 0.25) is 0 Å². The van der Waals surface area contributed by atoms with Crippen molar-refractivity contribution in [3.05, 3.63) is 78.5 Å². The first-order chi connectivity index (χ1) is 18.7. The Labute approximate surface area is 228 Å². The van der Waals surface area contributed by atoms with Crippen LogP contribution in [0.3, 0.4) is 0 Å². The van der Waals surface area contributed by atoms with Crippen LogP contribution in [0.4, 0.5) is 5.69 Å². The molecule has 0 bridgehead atoms. The van der Waals surface area contributed by atoms with Gasteiger partial charge in [0.05, 0.1) is 35.9 Å². The van der Waals surface area contributed by atoms with Crippen molar-refractivity contribution in [2.75, 3.05) is 25.1 Å². The number of hydrogen-bond donors (Lipinski definition) is 1. The van der Waals surface area contributed by atoms with E-state index in [1.807, 2.05) is 55.6 Å². The molecule has 198 valence electrons. The summed E-state index contributed by atoms with van der Waals surface area (Å²) in [6, 6.07) is 23.6. The Morgan fingerprint density at radius 1 is 1.03 bits per heavy atom. The van der Waals surface area contributed by atoms with Gasteiger partial charge in [0.2, 0.25) is 6.41 Å². The standard InChI is InChI=1S/C32H32N4O3/c1-21-18-35(19-29(32(2,3)38)36(21)20-37)25-14-12-24(13-15-25)28-17-34-30-26(6-5-7-27(30)31(28)39-4)23-10-8-22(16-33)9-11-23/h5-15,17,20-21,29,38H,18-19H2,1-4H3. The summed E-state index contributed by atoms with van der Waals surface area (Å²) >= 11 is 0. The van der Waals surface area contributed by atoms with E-state index in [9.17, 15) is 9.90 Å². The van der Waals surface area contributed by atoms with Gasteiger partial charge < -0.3 is 19.6 Å². The normalized spacial score (nSPS) is 17.6. The number of anilines is 1. The first-order valence-corrected chi connectivity index (χ1v) is 13.0. The van der Waals surface area contributed by atoms with Crippen molar-refractivity contribution in [1.29, 1.82) is 5.26 Å². The van der Waals surface area contributed by atoms with Crippen molar-refractivity contribution in [2.45, 2.75) is 38.5 Å². The first kappa shape index (κ1) is 26.2. The number of aromatic nitrogens is 1. The molecule has 1 saturated heterocycles. The van der Waals surface area contributed by atoms with Crippen LogP contribution in [0.25, 0.3) is 33.2 Å². The van der Waals surface area contributed by atoms with E-state index >= 15 is 0 Å². The van der Waals surface area contributed by atoms with Gasteiger partial charge in [-0.2, -0.15) is 5.26 Å². The number of carbonyl (C=O) groups excluding carboxylic acids is 1. The van der Waals surface area contributed by atoms with E-state index in [0.717, 1.165) is 51.0 Å². The van der Waals surface area contributed by atoms with Crippen LogP contribution in [-0.2, 0) is 4.79 Å². The fourth-order valence-electron chi connectivity index (χ4n) is 5.51. The molecule has 0 radical (unpaired) electrons. The topological polar surface area (TPSA) is 89.7 Å². The molecule has 4 aromatic rings. The molecule has 1 aliphatic rings. The molecule has 7 nitrogen and oxygen atoms in total. The fraction of sp³-hybridized carbons (Fsp3) is 0.281. The van der Waals surface area contributed by atoms with E-state index in [2.05, 4.69) is 35.2 Å². The van der Waals surface area contributed by atoms with Gasteiger partial charge in [-0.3, -0.25) is 9.78 Å². The molecular weight excluding hydrogens is 488 g/mol. The van der Waals surface area contributed by atoms with Crippen molar-refractivity contribution < 1.29 is 14.6 Å². The molecule has 2 unspecified atom stereocenters. The molecule has 39 heavy (non-hydrogen) atoms. The summed E-state index contributed by atoms with van der Waals surface area (Å²) in [5.74, 6) is 0.749. The van der Waals surface area contributed by atoms with Gasteiger partial charge in [-0.15, -0.1) is 0 Å². The van der Waals surface area contributed by atoms with Gasteiger partial charge in [-0.05, 0) is 62.2 Å². The van der Waals surface area contributed by atoms with Gasteiger partial charge in [0, 0.05) is 47.5 Å². The zero-order valence-corrected chi connectivity index (χ0v) is 22.6. The zero-order valence-electron chi connectivity index (χ0n) is 22.6. The van der Waals surface area contributed by atoms with Crippen molar-refractivity contribution in [3.63, 3.8) is 0 Å². The number of pyridine rings is 1. The minimum absolute atomic E-state index is 0.0255. The average molecular weight is 521 g/mol. The third-order valence-corrected chi connectivity index (χ3v) is 7.60. The van der Waals surface area contributed by atoms with Crippen LogP contribution < -0.4 is 9.64 Å². The molecule has 2 atom stereocenters. The number of benzene rings is 3. The lowest BCUT2D eigenvalue weighted by molar-refractivity contribution is -0.130. The quantitative estimate of drug-likeness (QED) is 0.349. The van der Waals surface area contributed by atoms with E-state index in [0.29, 0.717) is 18.7 Å². The van der Waals surface area contributed by atoms with E-state index in [1.54, 1.807) is 25.9 Å². The van der Waals surface area contributed by atoms with Gasteiger partial charge in [0.1, 0.15) is 5.75 Å². The Balaban J connectivity index is 1.48. The predicted octanol–water partition coefficient (Wildman–Crippen LogP) is 5.26. The third kappa shape index (κ3) is 4.91. The molecule has 0 spiro atoms. The third-order valence-electron chi connectivity index (χ3n) is 7.60. The van der Waals surface area contributed by atoms with Crippen LogP contribution in [0.15, 0.2) is 72.9 Å². The molecule has 1 amide bonds. The highest BCUT2D eigenvalue weighted by atomic mass is 16.5.